The van der Waals surface area contributed by atoms with Crippen LogP contribution in [-0.2, 0) is 11.2 Å². The molecule has 0 radical (unpaired) electrons. The van der Waals surface area contributed by atoms with Gasteiger partial charge in [-0.05, 0) is 67.4 Å². The number of carbonyl (C=O) groups excluding carboxylic acids is 1. The lowest BCUT2D eigenvalue weighted by Gasteiger charge is -2.17. The lowest BCUT2D eigenvalue weighted by atomic mass is 10.1. The van der Waals surface area contributed by atoms with Crippen LogP contribution in [0.25, 0.3) is 16.6 Å². The lowest BCUT2D eigenvalue weighted by Crippen LogP contribution is -2.26. The van der Waals surface area contributed by atoms with Gasteiger partial charge in [0.1, 0.15) is 5.75 Å². The van der Waals surface area contributed by atoms with E-state index in [2.05, 4.69) is 22.0 Å². The summed E-state index contributed by atoms with van der Waals surface area (Å²) >= 11 is 1.13. The number of fused-ring (bicyclic) bond motifs is 1. The SMILES string of the molecule is CCc1ccc(NC(=O)C(C)Sc2nc3ccccc3c(=O)n2-c2ccc(OC(F)F)cc2)cc1. The number of thioether (sulfide) groups is 1. The van der Waals surface area contributed by atoms with Crippen molar-refractivity contribution in [2.24, 2.45) is 0 Å². The Kier molecular flexibility index (Phi) is 7.45. The third kappa shape index (κ3) is 5.68. The molecule has 3 aromatic carbocycles. The van der Waals surface area contributed by atoms with Crippen LogP contribution in [0.3, 0.4) is 0 Å². The zero-order chi connectivity index (χ0) is 24.9. The molecule has 0 saturated carbocycles. The molecule has 4 rings (SSSR count). The fourth-order valence-corrected chi connectivity index (χ4v) is 4.40. The Morgan fingerprint density at radius 3 is 2.40 bits per heavy atom. The maximum absolute atomic E-state index is 13.4. The molecule has 4 aromatic rings. The summed E-state index contributed by atoms with van der Waals surface area (Å²) in [5.41, 5.74) is 2.43. The molecule has 0 aliphatic rings. The summed E-state index contributed by atoms with van der Waals surface area (Å²) in [5.74, 6) is -0.268. The van der Waals surface area contributed by atoms with E-state index in [9.17, 15) is 18.4 Å². The van der Waals surface area contributed by atoms with Crippen molar-refractivity contribution in [1.29, 1.82) is 0 Å². The average Bonchev–Trinajstić information content (AvgIpc) is 2.85. The fourth-order valence-electron chi connectivity index (χ4n) is 3.48. The van der Waals surface area contributed by atoms with Crippen LogP contribution in [0.4, 0.5) is 14.5 Å². The monoisotopic (exact) mass is 495 g/mol. The highest BCUT2D eigenvalue weighted by atomic mass is 32.2. The summed E-state index contributed by atoms with van der Waals surface area (Å²) in [7, 11) is 0. The molecule has 0 fully saturated rings. The summed E-state index contributed by atoms with van der Waals surface area (Å²) < 4.78 is 30.8. The Morgan fingerprint density at radius 2 is 1.74 bits per heavy atom. The van der Waals surface area contributed by atoms with E-state index < -0.39 is 11.9 Å². The van der Waals surface area contributed by atoms with Gasteiger partial charge in [0.2, 0.25) is 5.91 Å². The van der Waals surface area contributed by atoms with E-state index in [1.807, 2.05) is 24.3 Å². The van der Waals surface area contributed by atoms with E-state index in [1.165, 1.54) is 34.4 Å². The van der Waals surface area contributed by atoms with Crippen LogP contribution in [0.2, 0.25) is 0 Å². The Morgan fingerprint density at radius 1 is 1.06 bits per heavy atom. The van der Waals surface area contributed by atoms with Gasteiger partial charge < -0.3 is 10.1 Å². The van der Waals surface area contributed by atoms with E-state index in [-0.39, 0.29) is 17.2 Å². The van der Waals surface area contributed by atoms with Gasteiger partial charge in [0.25, 0.3) is 5.56 Å². The van der Waals surface area contributed by atoms with Crippen molar-refractivity contribution >= 4 is 34.3 Å². The van der Waals surface area contributed by atoms with Gasteiger partial charge in [-0.2, -0.15) is 8.78 Å². The minimum Gasteiger partial charge on any atom is -0.435 e. The number of nitrogens with one attached hydrogen (secondary N) is 1. The number of alkyl halides is 2. The fraction of sp³-hybridized carbons (Fsp3) is 0.192. The molecule has 35 heavy (non-hydrogen) atoms. The van der Waals surface area contributed by atoms with Crippen molar-refractivity contribution in [3.8, 4) is 11.4 Å². The zero-order valence-electron chi connectivity index (χ0n) is 19.1. The van der Waals surface area contributed by atoms with Crippen LogP contribution in [0.5, 0.6) is 5.75 Å². The number of halogens is 2. The van der Waals surface area contributed by atoms with Gasteiger partial charge in [-0.3, -0.25) is 14.2 Å². The lowest BCUT2D eigenvalue weighted by molar-refractivity contribution is -0.115. The zero-order valence-corrected chi connectivity index (χ0v) is 19.9. The van der Waals surface area contributed by atoms with Gasteiger partial charge in [0, 0.05) is 5.69 Å². The number of aromatic nitrogens is 2. The summed E-state index contributed by atoms with van der Waals surface area (Å²) in [6.45, 7) is 0.836. The molecule has 1 N–H and O–H groups in total. The number of aryl methyl sites for hydroxylation is 1. The van der Waals surface area contributed by atoms with Crippen molar-refractivity contribution in [2.45, 2.75) is 37.3 Å². The maximum atomic E-state index is 13.4. The summed E-state index contributed by atoms with van der Waals surface area (Å²) in [6.07, 6.45) is 0.904. The molecular weight excluding hydrogens is 472 g/mol. The maximum Gasteiger partial charge on any atom is 0.387 e. The summed E-state index contributed by atoms with van der Waals surface area (Å²) in [4.78, 5) is 30.9. The highest BCUT2D eigenvalue weighted by Gasteiger charge is 2.21. The molecule has 0 aliphatic heterocycles. The van der Waals surface area contributed by atoms with Crippen molar-refractivity contribution in [2.75, 3.05) is 5.32 Å². The molecule has 1 heterocycles. The van der Waals surface area contributed by atoms with Gasteiger partial charge in [-0.15, -0.1) is 0 Å². The summed E-state index contributed by atoms with van der Waals surface area (Å²) in [6, 6.07) is 20.2. The first kappa shape index (κ1) is 24.4. The number of nitrogens with zero attached hydrogens (tertiary/aromatic N) is 2. The number of para-hydroxylation sites is 1. The Hall–Kier alpha value is -3.72. The van der Waals surface area contributed by atoms with E-state index >= 15 is 0 Å². The molecular formula is C26H23F2N3O3S. The predicted molar refractivity (Wildman–Crippen MR) is 134 cm³/mol. The Labute approximate surface area is 205 Å². The molecule has 1 unspecified atom stereocenters. The Bertz CT molecular complexity index is 1390. The number of anilines is 1. The molecule has 0 bridgehead atoms. The third-order valence-electron chi connectivity index (χ3n) is 5.35. The quantitative estimate of drug-likeness (QED) is 0.252. The van der Waals surface area contributed by atoms with E-state index in [4.69, 9.17) is 0 Å². The van der Waals surface area contributed by atoms with E-state index in [0.717, 1.165) is 18.2 Å². The second kappa shape index (κ2) is 10.7. The number of carbonyl (C=O) groups is 1. The smallest absolute Gasteiger partial charge is 0.387 e. The summed E-state index contributed by atoms with van der Waals surface area (Å²) in [5, 5.41) is 3.01. The van der Waals surface area contributed by atoms with Crippen LogP contribution in [0, 0.1) is 0 Å². The molecule has 1 amide bonds. The van der Waals surface area contributed by atoms with Crippen molar-refractivity contribution < 1.29 is 18.3 Å². The number of hydrogen-bond acceptors (Lipinski definition) is 5. The topological polar surface area (TPSA) is 73.2 Å². The number of rotatable bonds is 8. The molecule has 1 atom stereocenters. The van der Waals surface area contributed by atoms with Crippen LogP contribution >= 0.6 is 11.8 Å². The van der Waals surface area contributed by atoms with Crippen LogP contribution in [-0.4, -0.2) is 27.3 Å². The first-order chi connectivity index (χ1) is 16.9. The normalized spacial score (nSPS) is 12.0. The molecule has 0 spiro atoms. The van der Waals surface area contributed by atoms with Gasteiger partial charge in [0.05, 0.1) is 21.8 Å². The first-order valence-corrected chi connectivity index (χ1v) is 11.9. The van der Waals surface area contributed by atoms with Gasteiger partial charge in [-0.1, -0.05) is 43.0 Å². The Balaban J connectivity index is 1.66. The highest BCUT2D eigenvalue weighted by Crippen LogP contribution is 2.27. The van der Waals surface area contributed by atoms with Crippen molar-refractivity contribution in [3.63, 3.8) is 0 Å². The predicted octanol–water partition coefficient (Wildman–Crippen LogP) is 5.67. The number of ether oxygens (including phenoxy) is 1. The van der Waals surface area contributed by atoms with Crippen molar-refractivity contribution in [1.82, 2.24) is 9.55 Å². The number of benzene rings is 3. The van der Waals surface area contributed by atoms with E-state index in [1.54, 1.807) is 31.2 Å². The molecule has 6 nitrogen and oxygen atoms in total. The second-order valence-corrected chi connectivity index (χ2v) is 9.03. The van der Waals surface area contributed by atoms with Crippen LogP contribution < -0.4 is 15.6 Å². The van der Waals surface area contributed by atoms with Gasteiger partial charge in [-0.25, -0.2) is 4.98 Å². The number of hydrogen-bond donors (Lipinski definition) is 1. The number of amides is 1. The minimum absolute atomic E-state index is 0.0263. The standard InChI is InChI=1S/C26H23F2N3O3S/c1-3-17-8-10-18(11-9-17)29-23(32)16(2)35-26-30-22-7-5-4-6-21(22)24(33)31(26)19-12-14-20(15-13-19)34-25(27)28/h4-16,25H,3H2,1-2H3,(H,29,32). The molecule has 9 heteroatoms. The molecule has 180 valence electrons. The second-order valence-electron chi connectivity index (χ2n) is 7.72. The molecule has 0 aliphatic carbocycles. The van der Waals surface area contributed by atoms with E-state index in [0.29, 0.717) is 27.4 Å². The minimum atomic E-state index is -2.95. The first-order valence-electron chi connectivity index (χ1n) is 11.0. The van der Waals surface area contributed by atoms with Crippen LogP contribution in [0.15, 0.2) is 82.7 Å². The van der Waals surface area contributed by atoms with Gasteiger partial charge >= 0.3 is 6.61 Å². The average molecular weight is 496 g/mol. The largest absolute Gasteiger partial charge is 0.435 e. The van der Waals surface area contributed by atoms with Crippen molar-refractivity contribution in [3.05, 3.63) is 88.7 Å². The van der Waals surface area contributed by atoms with Gasteiger partial charge in [0.15, 0.2) is 5.16 Å². The third-order valence-corrected chi connectivity index (χ3v) is 6.40. The molecule has 0 saturated heterocycles. The molecule has 1 aromatic heterocycles. The highest BCUT2D eigenvalue weighted by molar-refractivity contribution is 8.00. The van der Waals surface area contributed by atoms with Crippen LogP contribution in [0.1, 0.15) is 19.4 Å².